The van der Waals surface area contributed by atoms with E-state index in [4.69, 9.17) is 17.3 Å². The minimum Gasteiger partial charge on any atom is -0.350 e. The van der Waals surface area contributed by atoms with Crippen molar-refractivity contribution in [2.75, 3.05) is 4.31 Å². The molecule has 0 saturated heterocycles. The predicted octanol–water partition coefficient (Wildman–Crippen LogP) is 1.44. The molecule has 27 heavy (non-hydrogen) atoms. The van der Waals surface area contributed by atoms with Crippen molar-refractivity contribution in [3.05, 3.63) is 53.6 Å². The molecule has 2 rings (SSSR count). The van der Waals surface area contributed by atoms with E-state index in [1.54, 1.807) is 4.72 Å². The van der Waals surface area contributed by atoms with Gasteiger partial charge in [0.05, 0.1) is 15.5 Å². The molecule has 3 amide bonds. The number of sulfonamides is 2. The van der Waals surface area contributed by atoms with E-state index in [0.717, 1.165) is 31.2 Å². The Labute approximate surface area is 160 Å². The van der Waals surface area contributed by atoms with Crippen LogP contribution in [0.3, 0.4) is 0 Å². The first-order valence-electron chi connectivity index (χ1n) is 7.19. The summed E-state index contributed by atoms with van der Waals surface area (Å²) >= 11 is 5.73. The number of anilines is 1. The van der Waals surface area contributed by atoms with Crippen molar-refractivity contribution in [1.29, 1.82) is 0 Å². The molecule has 144 valence electrons. The molecule has 0 fully saturated rings. The second-order valence-electron chi connectivity index (χ2n) is 5.22. The molecule has 2 aromatic rings. The molecule has 0 heterocycles. The number of rotatable bonds is 5. The lowest BCUT2D eigenvalue weighted by Crippen LogP contribution is -2.40. The average molecular weight is 432 g/mol. The number of nitrogens with one attached hydrogen (secondary N) is 1. The Morgan fingerprint density at radius 1 is 0.926 bits per heavy atom. The molecule has 0 aliphatic rings. The maximum absolute atomic E-state index is 12.7. The summed E-state index contributed by atoms with van der Waals surface area (Å²) in [5, 5.41) is 0.298. The maximum atomic E-state index is 12.7. The second kappa shape index (κ2) is 7.55. The molecular formula is C15H14ClN3O6S2. The van der Waals surface area contributed by atoms with Crippen molar-refractivity contribution < 1.29 is 26.4 Å². The topological polar surface area (TPSA) is 144 Å². The van der Waals surface area contributed by atoms with E-state index in [2.05, 4.69) is 0 Å². The smallest absolute Gasteiger partial charge is 0.333 e. The zero-order chi connectivity index (χ0) is 20.4. The van der Waals surface area contributed by atoms with Crippen molar-refractivity contribution in [3.8, 4) is 0 Å². The molecule has 2 aromatic carbocycles. The molecule has 9 nitrogen and oxygen atoms in total. The highest BCUT2D eigenvalue weighted by Gasteiger charge is 2.30. The summed E-state index contributed by atoms with van der Waals surface area (Å²) in [5.41, 5.74) is 5.04. The van der Waals surface area contributed by atoms with E-state index in [-0.39, 0.29) is 15.5 Å². The number of hydrogen-bond donors (Lipinski definition) is 2. The Morgan fingerprint density at radius 3 is 1.85 bits per heavy atom. The minimum absolute atomic E-state index is 0.181. The van der Waals surface area contributed by atoms with Crippen LogP contribution in [0.4, 0.5) is 10.5 Å². The Balaban J connectivity index is 2.48. The quantitative estimate of drug-likeness (QED) is 0.732. The van der Waals surface area contributed by atoms with Gasteiger partial charge in [-0.2, -0.15) is 4.31 Å². The lowest BCUT2D eigenvalue weighted by molar-refractivity contribution is -0.117. The van der Waals surface area contributed by atoms with Crippen LogP contribution in [0.5, 0.6) is 0 Å². The highest BCUT2D eigenvalue weighted by molar-refractivity contribution is 7.93. The van der Waals surface area contributed by atoms with Gasteiger partial charge in [0.1, 0.15) is 0 Å². The van der Waals surface area contributed by atoms with Crippen LogP contribution in [0.1, 0.15) is 6.92 Å². The number of carbonyl (C=O) groups excluding carboxylic acids is 2. The van der Waals surface area contributed by atoms with Crippen molar-refractivity contribution >= 4 is 49.3 Å². The molecule has 0 radical (unpaired) electrons. The van der Waals surface area contributed by atoms with Crippen LogP contribution in [-0.4, -0.2) is 28.8 Å². The standard InChI is InChI=1S/C15H14ClN3O6S2/c1-10(20)18-26(22,23)13-8-4-12(5-9-13)19(15(17)21)27(24,25)14-6-2-11(16)3-7-14/h2-9H,1H3,(H2,17,21)(H,18,20). The van der Waals surface area contributed by atoms with Crippen LogP contribution in [0.25, 0.3) is 0 Å². The van der Waals surface area contributed by atoms with E-state index in [1.165, 1.54) is 24.3 Å². The second-order valence-corrected chi connectivity index (χ2v) is 9.12. The fraction of sp³-hybridized carbons (Fsp3) is 0.0667. The van der Waals surface area contributed by atoms with Gasteiger partial charge in [-0.15, -0.1) is 0 Å². The Morgan fingerprint density at radius 2 is 1.41 bits per heavy atom. The first kappa shape index (κ1) is 20.7. The van der Waals surface area contributed by atoms with E-state index in [9.17, 15) is 26.4 Å². The van der Waals surface area contributed by atoms with Crippen molar-refractivity contribution in [1.82, 2.24) is 4.72 Å². The van der Waals surface area contributed by atoms with Crippen LogP contribution < -0.4 is 14.8 Å². The van der Waals surface area contributed by atoms with E-state index < -0.39 is 32.0 Å². The maximum Gasteiger partial charge on any atom is 0.333 e. The highest BCUT2D eigenvalue weighted by atomic mass is 35.5. The summed E-state index contributed by atoms with van der Waals surface area (Å²) in [7, 11) is -8.47. The number of nitrogens with two attached hydrogens (primary N) is 1. The number of hydrogen-bond acceptors (Lipinski definition) is 6. The number of nitrogens with zero attached hydrogens (tertiary/aromatic N) is 1. The molecule has 12 heteroatoms. The highest BCUT2D eigenvalue weighted by Crippen LogP contribution is 2.25. The van der Waals surface area contributed by atoms with E-state index >= 15 is 0 Å². The Kier molecular flexibility index (Phi) is 5.78. The zero-order valence-electron chi connectivity index (χ0n) is 13.8. The monoisotopic (exact) mass is 431 g/mol. The van der Waals surface area contributed by atoms with Gasteiger partial charge in [0, 0.05) is 11.9 Å². The molecule has 0 aromatic heterocycles. The summed E-state index contributed by atoms with van der Waals surface area (Å²) in [6.07, 6.45) is 0. The largest absolute Gasteiger partial charge is 0.350 e. The Hall–Kier alpha value is -2.63. The van der Waals surface area contributed by atoms with Crippen LogP contribution in [-0.2, 0) is 24.8 Å². The molecule has 0 aliphatic carbocycles. The van der Waals surface area contributed by atoms with Crippen LogP contribution >= 0.6 is 11.6 Å². The van der Waals surface area contributed by atoms with Gasteiger partial charge >= 0.3 is 6.03 Å². The van der Waals surface area contributed by atoms with Crippen molar-refractivity contribution in [2.45, 2.75) is 16.7 Å². The molecule has 0 atom stereocenters. The number of amides is 3. The molecule has 0 spiro atoms. The number of halogens is 1. The minimum atomic E-state index is -4.36. The van der Waals surface area contributed by atoms with Crippen molar-refractivity contribution in [2.24, 2.45) is 5.73 Å². The molecule has 0 saturated carbocycles. The van der Waals surface area contributed by atoms with Gasteiger partial charge in [-0.05, 0) is 48.5 Å². The van der Waals surface area contributed by atoms with Crippen LogP contribution in [0.15, 0.2) is 58.3 Å². The number of carbonyl (C=O) groups is 2. The van der Waals surface area contributed by atoms with Gasteiger partial charge in [-0.1, -0.05) is 11.6 Å². The zero-order valence-corrected chi connectivity index (χ0v) is 16.2. The lowest BCUT2D eigenvalue weighted by Gasteiger charge is -2.20. The fourth-order valence-electron chi connectivity index (χ4n) is 2.11. The lowest BCUT2D eigenvalue weighted by atomic mass is 10.3. The molecular weight excluding hydrogens is 418 g/mol. The molecule has 0 bridgehead atoms. The summed E-state index contributed by atoms with van der Waals surface area (Å²) < 4.78 is 51.4. The first-order valence-corrected chi connectivity index (χ1v) is 10.5. The van der Waals surface area contributed by atoms with Crippen molar-refractivity contribution in [3.63, 3.8) is 0 Å². The van der Waals surface area contributed by atoms with Gasteiger partial charge in [-0.3, -0.25) is 4.79 Å². The predicted molar refractivity (Wildman–Crippen MR) is 98.1 cm³/mol. The number of primary amides is 1. The van der Waals surface area contributed by atoms with Gasteiger partial charge in [0.2, 0.25) is 5.91 Å². The third-order valence-corrected chi connectivity index (χ3v) is 6.65. The summed E-state index contributed by atoms with van der Waals surface area (Å²) in [6.45, 7) is 1.03. The summed E-state index contributed by atoms with van der Waals surface area (Å²) in [4.78, 5) is 22.2. The van der Waals surface area contributed by atoms with Crippen LogP contribution in [0.2, 0.25) is 5.02 Å². The number of urea groups is 1. The van der Waals surface area contributed by atoms with Crippen LogP contribution in [0, 0.1) is 0 Å². The average Bonchev–Trinajstić information content (AvgIpc) is 2.54. The summed E-state index contributed by atoms with van der Waals surface area (Å²) in [6, 6.07) is 7.99. The Bertz CT molecular complexity index is 1080. The fourth-order valence-corrected chi connectivity index (χ4v) is 4.55. The van der Waals surface area contributed by atoms with Gasteiger partial charge in [-0.25, -0.2) is 26.4 Å². The third-order valence-electron chi connectivity index (χ3n) is 3.21. The summed E-state index contributed by atoms with van der Waals surface area (Å²) in [5.74, 6) is -0.789. The number of benzene rings is 2. The van der Waals surface area contributed by atoms with Gasteiger partial charge < -0.3 is 5.73 Å². The SMILES string of the molecule is CC(=O)NS(=O)(=O)c1ccc(N(C(N)=O)S(=O)(=O)c2ccc(Cl)cc2)cc1. The van der Waals surface area contributed by atoms with Gasteiger partial charge in [0.15, 0.2) is 0 Å². The normalized spacial score (nSPS) is 11.6. The van der Waals surface area contributed by atoms with E-state index in [0.29, 0.717) is 9.33 Å². The third kappa shape index (κ3) is 4.56. The molecule has 0 aliphatic heterocycles. The first-order chi connectivity index (χ1) is 12.4. The van der Waals surface area contributed by atoms with Gasteiger partial charge in [0.25, 0.3) is 20.0 Å². The molecule has 3 N–H and O–H groups in total. The van der Waals surface area contributed by atoms with E-state index in [1.807, 2.05) is 0 Å². The molecule has 0 unspecified atom stereocenters.